The number of ketones is 1. The lowest BCUT2D eigenvalue weighted by atomic mass is 10.0. The summed E-state index contributed by atoms with van der Waals surface area (Å²) in [5.41, 5.74) is -1.03. The first-order valence-electron chi connectivity index (χ1n) is 4.70. The van der Waals surface area contributed by atoms with Crippen LogP contribution in [0.1, 0.15) is 29.8 Å². The highest BCUT2D eigenvalue weighted by Gasteiger charge is 2.35. The van der Waals surface area contributed by atoms with Crippen molar-refractivity contribution in [3.05, 3.63) is 35.4 Å². The van der Waals surface area contributed by atoms with Crippen molar-refractivity contribution >= 4 is 17.4 Å². The Morgan fingerprint density at radius 2 is 1.94 bits per heavy atom. The van der Waals surface area contributed by atoms with Gasteiger partial charge in [0.05, 0.1) is 5.56 Å². The fourth-order valence-corrected chi connectivity index (χ4v) is 1.67. The number of hydrogen-bond donors (Lipinski definition) is 0. The number of carbonyl (C=O) groups is 1. The molecule has 1 aromatic carbocycles. The monoisotopic (exact) mass is 250 g/mol. The predicted octanol–water partition coefficient (Wildman–Crippen LogP) is 3.96. The Kier molecular flexibility index (Phi) is 3.97. The first-order chi connectivity index (χ1) is 7.38. The zero-order valence-corrected chi connectivity index (χ0v) is 9.27. The third-order valence-electron chi connectivity index (χ3n) is 2.17. The molecular formula is C11H10ClF3O. The summed E-state index contributed by atoms with van der Waals surface area (Å²) in [7, 11) is 0. The average molecular weight is 251 g/mol. The van der Waals surface area contributed by atoms with Crippen molar-refractivity contribution in [2.75, 3.05) is 0 Å². The summed E-state index contributed by atoms with van der Waals surface area (Å²) in [6.45, 7) is 1.56. The van der Waals surface area contributed by atoms with Crippen LogP contribution < -0.4 is 0 Å². The van der Waals surface area contributed by atoms with Crippen molar-refractivity contribution in [2.24, 2.45) is 0 Å². The highest BCUT2D eigenvalue weighted by Crippen LogP contribution is 2.36. The van der Waals surface area contributed by atoms with Gasteiger partial charge in [0.1, 0.15) is 5.38 Å². The average Bonchev–Trinajstić information content (AvgIpc) is 2.26. The van der Waals surface area contributed by atoms with Gasteiger partial charge in [-0.2, -0.15) is 13.2 Å². The lowest BCUT2D eigenvalue weighted by Crippen LogP contribution is -2.14. The topological polar surface area (TPSA) is 17.1 Å². The molecule has 0 aliphatic heterocycles. The van der Waals surface area contributed by atoms with Gasteiger partial charge < -0.3 is 0 Å². The molecule has 0 aromatic heterocycles. The molecule has 0 spiro atoms. The summed E-state index contributed by atoms with van der Waals surface area (Å²) in [5.74, 6) is -0.418. The van der Waals surface area contributed by atoms with E-state index in [4.69, 9.17) is 11.6 Å². The van der Waals surface area contributed by atoms with Crippen molar-refractivity contribution in [1.29, 1.82) is 0 Å². The molecule has 0 heterocycles. The van der Waals surface area contributed by atoms with Crippen molar-refractivity contribution in [3.63, 3.8) is 0 Å². The van der Waals surface area contributed by atoms with Gasteiger partial charge in [-0.15, -0.1) is 11.6 Å². The Hall–Kier alpha value is -1.03. The highest BCUT2D eigenvalue weighted by molar-refractivity contribution is 6.31. The van der Waals surface area contributed by atoms with Crippen LogP contribution >= 0.6 is 11.6 Å². The van der Waals surface area contributed by atoms with Crippen LogP contribution in [-0.2, 0) is 11.0 Å². The zero-order valence-electron chi connectivity index (χ0n) is 8.51. The molecule has 1 aromatic rings. The van der Waals surface area contributed by atoms with Gasteiger partial charge in [-0.3, -0.25) is 4.79 Å². The molecule has 0 aliphatic rings. The van der Waals surface area contributed by atoms with Crippen LogP contribution in [0.5, 0.6) is 0 Å². The number of carbonyl (C=O) groups excluding carboxylic acids is 1. The van der Waals surface area contributed by atoms with Gasteiger partial charge in [0.15, 0.2) is 5.78 Å². The second-order valence-corrected chi connectivity index (χ2v) is 3.70. The van der Waals surface area contributed by atoms with Gasteiger partial charge in [-0.1, -0.05) is 25.1 Å². The standard InChI is InChI=1S/C11H10ClF3O/c1-2-9(16)10(12)7-5-3-4-6-8(7)11(13,14)15/h3-6,10H,2H2,1H3. The summed E-state index contributed by atoms with van der Waals surface area (Å²) in [6.07, 6.45) is -4.38. The van der Waals surface area contributed by atoms with E-state index in [-0.39, 0.29) is 12.0 Å². The highest BCUT2D eigenvalue weighted by atomic mass is 35.5. The van der Waals surface area contributed by atoms with Gasteiger partial charge in [0, 0.05) is 6.42 Å². The lowest BCUT2D eigenvalue weighted by molar-refractivity contribution is -0.138. The van der Waals surface area contributed by atoms with E-state index in [0.29, 0.717) is 0 Å². The lowest BCUT2D eigenvalue weighted by Gasteiger charge is -2.15. The SMILES string of the molecule is CCC(=O)C(Cl)c1ccccc1C(F)(F)F. The van der Waals surface area contributed by atoms with Crippen LogP contribution in [0.4, 0.5) is 13.2 Å². The number of Topliss-reactive ketones (excluding diaryl/α,β-unsaturated/α-hetero) is 1. The van der Waals surface area contributed by atoms with Crippen molar-refractivity contribution in [2.45, 2.75) is 24.9 Å². The van der Waals surface area contributed by atoms with Gasteiger partial charge in [-0.25, -0.2) is 0 Å². The van der Waals surface area contributed by atoms with E-state index >= 15 is 0 Å². The molecule has 0 aliphatic carbocycles. The van der Waals surface area contributed by atoms with Gasteiger partial charge in [0.2, 0.25) is 0 Å². The normalized spacial score (nSPS) is 13.6. The van der Waals surface area contributed by atoms with Crippen LogP contribution in [-0.4, -0.2) is 5.78 Å². The molecule has 88 valence electrons. The molecule has 0 saturated heterocycles. The summed E-state index contributed by atoms with van der Waals surface area (Å²) in [6, 6.07) is 4.86. The minimum atomic E-state index is -4.49. The summed E-state index contributed by atoms with van der Waals surface area (Å²) in [5, 5.41) is -1.23. The zero-order chi connectivity index (χ0) is 12.3. The Labute approximate surface area is 96.2 Å². The molecule has 0 fully saturated rings. The molecule has 1 unspecified atom stereocenters. The Bertz CT molecular complexity index is 387. The van der Waals surface area contributed by atoms with Crippen LogP contribution in [0.2, 0.25) is 0 Å². The van der Waals surface area contributed by atoms with Crippen LogP contribution in [0.3, 0.4) is 0 Å². The quantitative estimate of drug-likeness (QED) is 0.742. The molecule has 0 saturated carbocycles. The molecule has 1 rings (SSSR count). The Balaban J connectivity index is 3.19. The van der Waals surface area contributed by atoms with E-state index in [0.717, 1.165) is 6.07 Å². The van der Waals surface area contributed by atoms with Gasteiger partial charge >= 0.3 is 6.18 Å². The molecular weight excluding hydrogens is 241 g/mol. The maximum absolute atomic E-state index is 12.6. The largest absolute Gasteiger partial charge is 0.416 e. The summed E-state index contributed by atoms with van der Waals surface area (Å²) < 4.78 is 37.8. The van der Waals surface area contributed by atoms with Crippen LogP contribution in [0.15, 0.2) is 24.3 Å². The second-order valence-electron chi connectivity index (χ2n) is 3.27. The molecule has 0 radical (unpaired) electrons. The van der Waals surface area contributed by atoms with E-state index < -0.39 is 22.9 Å². The fraction of sp³-hybridized carbons (Fsp3) is 0.364. The van der Waals surface area contributed by atoms with Crippen LogP contribution in [0, 0.1) is 0 Å². The van der Waals surface area contributed by atoms with E-state index in [1.54, 1.807) is 6.92 Å². The predicted molar refractivity (Wildman–Crippen MR) is 55.3 cm³/mol. The van der Waals surface area contributed by atoms with E-state index in [1.807, 2.05) is 0 Å². The minimum absolute atomic E-state index is 0.111. The molecule has 1 nitrogen and oxygen atoms in total. The van der Waals surface area contributed by atoms with E-state index in [1.165, 1.54) is 18.2 Å². The first kappa shape index (κ1) is 13.0. The molecule has 0 amide bonds. The van der Waals surface area contributed by atoms with Crippen molar-refractivity contribution in [1.82, 2.24) is 0 Å². The molecule has 5 heteroatoms. The molecule has 0 bridgehead atoms. The smallest absolute Gasteiger partial charge is 0.298 e. The Morgan fingerprint density at radius 1 is 1.38 bits per heavy atom. The number of rotatable bonds is 3. The van der Waals surface area contributed by atoms with Crippen molar-refractivity contribution in [3.8, 4) is 0 Å². The van der Waals surface area contributed by atoms with E-state index in [2.05, 4.69) is 0 Å². The minimum Gasteiger partial charge on any atom is -0.298 e. The molecule has 0 N–H and O–H groups in total. The van der Waals surface area contributed by atoms with Crippen molar-refractivity contribution < 1.29 is 18.0 Å². The fourth-order valence-electron chi connectivity index (χ4n) is 1.33. The number of halogens is 4. The maximum Gasteiger partial charge on any atom is 0.416 e. The number of benzene rings is 1. The van der Waals surface area contributed by atoms with Crippen LogP contribution in [0.25, 0.3) is 0 Å². The number of alkyl halides is 4. The molecule has 16 heavy (non-hydrogen) atoms. The van der Waals surface area contributed by atoms with E-state index in [9.17, 15) is 18.0 Å². The van der Waals surface area contributed by atoms with Gasteiger partial charge in [-0.05, 0) is 11.6 Å². The first-order valence-corrected chi connectivity index (χ1v) is 5.14. The molecule has 1 atom stereocenters. The second kappa shape index (κ2) is 4.87. The Morgan fingerprint density at radius 3 is 2.44 bits per heavy atom. The third-order valence-corrected chi connectivity index (χ3v) is 2.65. The third kappa shape index (κ3) is 2.76. The number of hydrogen-bond acceptors (Lipinski definition) is 1. The maximum atomic E-state index is 12.6. The summed E-state index contributed by atoms with van der Waals surface area (Å²) >= 11 is 5.72. The van der Waals surface area contributed by atoms with Gasteiger partial charge in [0.25, 0.3) is 0 Å². The summed E-state index contributed by atoms with van der Waals surface area (Å²) in [4.78, 5) is 11.3.